The van der Waals surface area contributed by atoms with Gasteiger partial charge >= 0.3 is 6.03 Å². The third-order valence-electron chi connectivity index (χ3n) is 6.72. The predicted octanol–water partition coefficient (Wildman–Crippen LogP) is 2.25. The highest BCUT2D eigenvalue weighted by molar-refractivity contribution is 7.92. The molecule has 3 amide bonds. The van der Waals surface area contributed by atoms with Crippen LogP contribution in [0.2, 0.25) is 0 Å². The number of nitrogens with zero attached hydrogens (tertiary/aromatic N) is 2. The largest absolute Gasteiger partial charge is 0.485 e. The Labute approximate surface area is 208 Å². The highest BCUT2D eigenvalue weighted by atomic mass is 32.2. The van der Waals surface area contributed by atoms with Crippen molar-refractivity contribution in [3.8, 4) is 5.75 Å². The van der Waals surface area contributed by atoms with Gasteiger partial charge in [0.1, 0.15) is 6.10 Å². The maximum absolute atomic E-state index is 13.4. The SMILES string of the molecule is C[C@H](CO)N1C[C@H](C)[C@@H](CN(C)C(=O)NC2CCCCC2)Oc2c(NS(C)(=O)=O)cccc2C1=O. The van der Waals surface area contributed by atoms with Crippen LogP contribution in [-0.2, 0) is 10.0 Å². The molecule has 196 valence electrons. The normalized spacial score (nSPS) is 22.3. The molecule has 1 aromatic rings. The highest BCUT2D eigenvalue weighted by Crippen LogP contribution is 2.35. The number of fused-ring (bicyclic) bond motifs is 1. The van der Waals surface area contributed by atoms with Crippen LogP contribution >= 0.6 is 0 Å². The Morgan fingerprint density at radius 3 is 2.60 bits per heavy atom. The Morgan fingerprint density at radius 2 is 1.97 bits per heavy atom. The van der Waals surface area contributed by atoms with Crippen molar-refractivity contribution in [2.24, 2.45) is 5.92 Å². The van der Waals surface area contributed by atoms with Gasteiger partial charge in [-0.15, -0.1) is 0 Å². The summed E-state index contributed by atoms with van der Waals surface area (Å²) in [5.74, 6) is -0.444. The number of anilines is 1. The Bertz CT molecular complexity index is 1010. The van der Waals surface area contributed by atoms with E-state index in [1.165, 1.54) is 12.5 Å². The number of amides is 3. The summed E-state index contributed by atoms with van der Waals surface area (Å²) in [7, 11) is -1.93. The van der Waals surface area contributed by atoms with Crippen molar-refractivity contribution in [2.45, 2.75) is 64.1 Å². The van der Waals surface area contributed by atoms with Crippen molar-refractivity contribution in [3.63, 3.8) is 0 Å². The summed E-state index contributed by atoms with van der Waals surface area (Å²) in [6.07, 6.45) is 5.86. The van der Waals surface area contributed by atoms with Crippen molar-refractivity contribution >= 4 is 27.6 Å². The molecule has 0 saturated heterocycles. The Morgan fingerprint density at radius 1 is 1.29 bits per heavy atom. The number of aliphatic hydroxyl groups excluding tert-OH is 1. The number of ether oxygens (including phenoxy) is 1. The fraction of sp³-hybridized carbons (Fsp3) is 0.667. The number of likely N-dealkylation sites (N-methyl/N-ethyl adjacent to an activating group) is 1. The van der Waals surface area contributed by atoms with E-state index < -0.39 is 22.2 Å². The average Bonchev–Trinajstić information content (AvgIpc) is 2.80. The number of carbonyl (C=O) groups excluding carboxylic acids is 2. The quantitative estimate of drug-likeness (QED) is 0.516. The molecule has 0 aromatic heterocycles. The lowest BCUT2D eigenvalue weighted by molar-refractivity contribution is 0.0368. The van der Waals surface area contributed by atoms with Crippen molar-refractivity contribution in [2.75, 3.05) is 37.7 Å². The van der Waals surface area contributed by atoms with Gasteiger partial charge in [-0.3, -0.25) is 9.52 Å². The number of hydrogen-bond acceptors (Lipinski definition) is 6. The smallest absolute Gasteiger partial charge is 0.317 e. The topological polar surface area (TPSA) is 128 Å². The average molecular weight is 511 g/mol. The summed E-state index contributed by atoms with van der Waals surface area (Å²) in [5, 5.41) is 12.9. The number of sulfonamides is 1. The molecule has 3 N–H and O–H groups in total. The zero-order valence-electron chi connectivity index (χ0n) is 21.0. The molecule has 0 spiro atoms. The third kappa shape index (κ3) is 7.00. The van der Waals surface area contributed by atoms with E-state index in [9.17, 15) is 23.1 Å². The molecule has 11 heteroatoms. The molecule has 0 bridgehead atoms. The zero-order chi connectivity index (χ0) is 25.8. The molecule has 1 fully saturated rings. The molecule has 1 saturated carbocycles. The summed E-state index contributed by atoms with van der Waals surface area (Å²) in [6, 6.07) is 4.23. The first-order valence-corrected chi connectivity index (χ1v) is 14.1. The summed E-state index contributed by atoms with van der Waals surface area (Å²) < 4.78 is 32.7. The second-order valence-electron chi connectivity index (χ2n) is 9.84. The van der Waals surface area contributed by atoms with E-state index >= 15 is 0 Å². The Balaban J connectivity index is 1.91. The maximum Gasteiger partial charge on any atom is 0.317 e. The van der Waals surface area contributed by atoms with Gasteiger partial charge in [0.2, 0.25) is 10.0 Å². The number of benzene rings is 1. The molecule has 0 unspecified atom stereocenters. The summed E-state index contributed by atoms with van der Waals surface area (Å²) in [5.41, 5.74) is 0.355. The Hall–Kier alpha value is -2.53. The second-order valence-corrected chi connectivity index (χ2v) is 11.6. The Kier molecular flexibility index (Phi) is 8.87. The third-order valence-corrected chi connectivity index (χ3v) is 7.31. The molecule has 10 nitrogen and oxygen atoms in total. The van der Waals surface area contributed by atoms with E-state index in [1.54, 1.807) is 35.9 Å². The number of hydrogen-bond donors (Lipinski definition) is 3. The number of carbonyl (C=O) groups is 2. The first-order valence-electron chi connectivity index (χ1n) is 12.2. The van der Waals surface area contributed by atoms with E-state index in [0.717, 1.165) is 31.9 Å². The van der Waals surface area contributed by atoms with Gasteiger partial charge in [0.05, 0.1) is 36.7 Å². The van der Waals surface area contributed by atoms with Gasteiger partial charge in [0, 0.05) is 25.6 Å². The van der Waals surface area contributed by atoms with Gasteiger partial charge in [-0.1, -0.05) is 32.3 Å². The van der Waals surface area contributed by atoms with Gasteiger partial charge in [0.15, 0.2) is 5.75 Å². The fourth-order valence-electron chi connectivity index (χ4n) is 4.63. The minimum Gasteiger partial charge on any atom is -0.485 e. The van der Waals surface area contributed by atoms with Crippen molar-refractivity contribution in [1.29, 1.82) is 0 Å². The molecular formula is C24H38N4O6S. The van der Waals surface area contributed by atoms with Crippen LogP contribution in [-0.4, -0.2) is 86.4 Å². The van der Waals surface area contributed by atoms with Crippen LogP contribution < -0.4 is 14.8 Å². The molecule has 35 heavy (non-hydrogen) atoms. The summed E-state index contributed by atoms with van der Waals surface area (Å²) in [6.45, 7) is 4.00. The minimum atomic E-state index is -3.64. The molecule has 1 aromatic carbocycles. The van der Waals surface area contributed by atoms with Crippen molar-refractivity contribution < 1.29 is 27.9 Å². The van der Waals surface area contributed by atoms with Crippen LogP contribution in [0.1, 0.15) is 56.3 Å². The lowest BCUT2D eigenvalue weighted by atomic mass is 9.96. The van der Waals surface area contributed by atoms with E-state index in [1.807, 2.05) is 6.92 Å². The molecule has 2 aliphatic rings. The fourth-order valence-corrected chi connectivity index (χ4v) is 5.19. The van der Waals surface area contributed by atoms with Gasteiger partial charge < -0.3 is 25.0 Å². The maximum atomic E-state index is 13.4. The van der Waals surface area contributed by atoms with Crippen LogP contribution in [0.5, 0.6) is 5.75 Å². The van der Waals surface area contributed by atoms with E-state index in [-0.39, 0.29) is 54.1 Å². The van der Waals surface area contributed by atoms with E-state index in [0.29, 0.717) is 6.54 Å². The molecule has 3 rings (SSSR count). The number of aliphatic hydroxyl groups is 1. The number of para-hydroxylation sites is 1. The van der Waals surface area contributed by atoms with Crippen LogP contribution in [0.25, 0.3) is 0 Å². The number of nitrogens with one attached hydrogen (secondary N) is 2. The van der Waals surface area contributed by atoms with E-state index in [4.69, 9.17) is 4.74 Å². The minimum absolute atomic E-state index is 0.121. The van der Waals surface area contributed by atoms with Crippen LogP contribution in [0.15, 0.2) is 18.2 Å². The van der Waals surface area contributed by atoms with Gasteiger partial charge in [-0.05, 0) is 31.9 Å². The number of urea groups is 1. The summed E-state index contributed by atoms with van der Waals surface area (Å²) in [4.78, 5) is 29.4. The van der Waals surface area contributed by atoms with Crippen LogP contribution in [0.3, 0.4) is 0 Å². The molecular weight excluding hydrogens is 472 g/mol. The van der Waals surface area contributed by atoms with Crippen LogP contribution in [0.4, 0.5) is 10.5 Å². The van der Waals surface area contributed by atoms with E-state index in [2.05, 4.69) is 10.0 Å². The molecule has 0 radical (unpaired) electrons. The van der Waals surface area contributed by atoms with Gasteiger partial charge in [-0.25, -0.2) is 13.2 Å². The lowest BCUT2D eigenvalue weighted by Crippen LogP contribution is -2.52. The van der Waals surface area contributed by atoms with Crippen molar-refractivity contribution in [1.82, 2.24) is 15.1 Å². The van der Waals surface area contributed by atoms with Gasteiger partial charge in [-0.2, -0.15) is 0 Å². The molecule has 3 atom stereocenters. The molecule has 1 heterocycles. The summed E-state index contributed by atoms with van der Waals surface area (Å²) >= 11 is 0. The van der Waals surface area contributed by atoms with Crippen LogP contribution in [0, 0.1) is 5.92 Å². The zero-order valence-corrected chi connectivity index (χ0v) is 21.8. The monoisotopic (exact) mass is 510 g/mol. The highest BCUT2D eigenvalue weighted by Gasteiger charge is 2.35. The van der Waals surface area contributed by atoms with Crippen molar-refractivity contribution in [3.05, 3.63) is 23.8 Å². The standard InChI is InChI=1S/C24H38N4O6S/c1-16-13-28(17(2)15-29)23(30)19-11-8-12-20(26-35(4,32)33)22(19)34-21(16)14-27(3)24(31)25-18-9-6-5-7-10-18/h8,11-12,16-18,21,26,29H,5-7,9-10,13-15H2,1-4H3,(H,25,31)/t16-,17+,21+/m0/s1. The molecule has 1 aliphatic heterocycles. The first-order chi connectivity index (χ1) is 16.5. The first kappa shape index (κ1) is 27.1. The molecule has 1 aliphatic carbocycles. The predicted molar refractivity (Wildman–Crippen MR) is 134 cm³/mol. The lowest BCUT2D eigenvalue weighted by Gasteiger charge is -2.38. The van der Waals surface area contributed by atoms with Gasteiger partial charge in [0.25, 0.3) is 5.91 Å². The number of rotatable bonds is 7. The second kappa shape index (κ2) is 11.5.